The van der Waals surface area contributed by atoms with Crippen LogP contribution >= 0.6 is 0 Å². The van der Waals surface area contributed by atoms with Crippen molar-refractivity contribution in [2.24, 2.45) is 7.05 Å². The Morgan fingerprint density at radius 2 is 1.86 bits per heavy atom. The normalized spacial score (nSPS) is 11.1. The fraction of sp³-hybridized carbons (Fsp3) is 0.296. The summed E-state index contributed by atoms with van der Waals surface area (Å²) in [5, 5.41) is 12.3. The number of para-hydroxylation sites is 1. The van der Waals surface area contributed by atoms with Gasteiger partial charge in [0.25, 0.3) is 11.5 Å². The van der Waals surface area contributed by atoms with Gasteiger partial charge < -0.3 is 14.8 Å². The lowest BCUT2D eigenvalue weighted by atomic mass is 10.1. The van der Waals surface area contributed by atoms with Gasteiger partial charge >= 0.3 is 0 Å². The van der Waals surface area contributed by atoms with E-state index in [2.05, 4.69) is 12.2 Å². The van der Waals surface area contributed by atoms with Gasteiger partial charge in [-0.05, 0) is 56.2 Å². The molecule has 35 heavy (non-hydrogen) atoms. The summed E-state index contributed by atoms with van der Waals surface area (Å²) in [6.07, 6.45) is 3.40. The average molecular weight is 475 g/mol. The number of benzene rings is 2. The lowest BCUT2D eigenvalue weighted by molar-refractivity contribution is -0.112. The van der Waals surface area contributed by atoms with Crippen LogP contribution < -0.4 is 20.3 Å². The van der Waals surface area contributed by atoms with Crippen LogP contribution in [-0.4, -0.2) is 28.5 Å². The first kappa shape index (κ1) is 25.4. The number of hydrogen-bond acceptors (Lipinski definition) is 5. The maximum absolute atomic E-state index is 13.1. The van der Waals surface area contributed by atoms with Crippen molar-refractivity contribution in [2.45, 2.75) is 33.6 Å². The van der Waals surface area contributed by atoms with E-state index >= 15 is 0 Å². The molecule has 3 aromatic rings. The summed E-state index contributed by atoms with van der Waals surface area (Å²) >= 11 is 0. The molecule has 0 aliphatic carbocycles. The van der Waals surface area contributed by atoms with Crippen molar-refractivity contribution in [1.82, 2.24) is 9.36 Å². The highest BCUT2D eigenvalue weighted by atomic mass is 16.5. The van der Waals surface area contributed by atoms with Crippen LogP contribution in [0.15, 0.2) is 58.9 Å². The molecule has 3 rings (SSSR count). The second kappa shape index (κ2) is 11.7. The molecular formula is C27H30N4O4. The minimum Gasteiger partial charge on any atom is -0.490 e. The molecule has 1 aromatic heterocycles. The molecule has 8 nitrogen and oxygen atoms in total. The minimum absolute atomic E-state index is 0.122. The number of rotatable bonds is 10. The molecule has 2 aromatic carbocycles. The van der Waals surface area contributed by atoms with Crippen molar-refractivity contribution in [1.29, 1.82) is 5.26 Å². The van der Waals surface area contributed by atoms with E-state index in [1.807, 2.05) is 31.2 Å². The molecule has 1 heterocycles. The van der Waals surface area contributed by atoms with E-state index < -0.39 is 5.91 Å². The van der Waals surface area contributed by atoms with Crippen LogP contribution in [0.1, 0.15) is 37.9 Å². The fourth-order valence-corrected chi connectivity index (χ4v) is 3.54. The van der Waals surface area contributed by atoms with Gasteiger partial charge in [0.05, 0.1) is 24.6 Å². The predicted octanol–water partition coefficient (Wildman–Crippen LogP) is 4.61. The number of amides is 1. The number of carbonyl (C=O) groups excluding carboxylic acids is 1. The molecule has 182 valence electrons. The van der Waals surface area contributed by atoms with Crippen LogP contribution in [0.2, 0.25) is 0 Å². The standard InChI is InChI=1S/C27H30N4O4/c1-5-7-15-35-23-14-13-20(17-24(23)34-6-2)16-21(18-28)26(32)29-25-19(3)30(4)31(27(25)33)22-11-9-8-10-12-22/h8-14,16-17H,5-7,15H2,1-4H3,(H,29,32)/b21-16+. The molecule has 0 radical (unpaired) electrons. The Balaban J connectivity index is 1.88. The maximum Gasteiger partial charge on any atom is 0.295 e. The second-order valence-corrected chi connectivity index (χ2v) is 7.90. The summed E-state index contributed by atoms with van der Waals surface area (Å²) < 4.78 is 14.6. The zero-order valence-corrected chi connectivity index (χ0v) is 20.5. The molecule has 1 amide bonds. The van der Waals surface area contributed by atoms with E-state index in [0.29, 0.717) is 41.7 Å². The molecule has 0 saturated carbocycles. The van der Waals surface area contributed by atoms with E-state index in [4.69, 9.17) is 9.47 Å². The Labute approximate surface area is 205 Å². The highest BCUT2D eigenvalue weighted by Crippen LogP contribution is 2.29. The number of anilines is 1. The number of nitrogens with zero attached hydrogens (tertiary/aromatic N) is 3. The molecular weight excluding hydrogens is 444 g/mol. The quantitative estimate of drug-likeness (QED) is 0.263. The first-order chi connectivity index (χ1) is 16.9. The van der Waals surface area contributed by atoms with E-state index in [1.54, 1.807) is 49.0 Å². The molecule has 1 N–H and O–H groups in total. The number of unbranched alkanes of at least 4 members (excludes halogenated alkanes) is 1. The SMILES string of the molecule is CCCCOc1ccc(/C=C(\C#N)C(=O)Nc2c(C)n(C)n(-c3ccccc3)c2=O)cc1OCC. The van der Waals surface area contributed by atoms with Crippen LogP contribution in [0.4, 0.5) is 5.69 Å². The van der Waals surface area contributed by atoms with Crippen LogP contribution in [0.25, 0.3) is 11.8 Å². The molecule has 0 spiro atoms. The zero-order valence-electron chi connectivity index (χ0n) is 20.5. The first-order valence-electron chi connectivity index (χ1n) is 11.6. The molecule has 0 atom stereocenters. The lowest BCUT2D eigenvalue weighted by Gasteiger charge is -2.12. The molecule has 0 aliphatic rings. The van der Waals surface area contributed by atoms with Gasteiger partial charge in [-0.2, -0.15) is 5.26 Å². The van der Waals surface area contributed by atoms with Gasteiger partial charge in [0.15, 0.2) is 11.5 Å². The van der Waals surface area contributed by atoms with E-state index in [1.165, 1.54) is 10.8 Å². The van der Waals surface area contributed by atoms with Crippen LogP contribution in [0.3, 0.4) is 0 Å². The maximum atomic E-state index is 13.1. The zero-order chi connectivity index (χ0) is 25.4. The predicted molar refractivity (Wildman–Crippen MR) is 136 cm³/mol. The van der Waals surface area contributed by atoms with Gasteiger partial charge in [-0.15, -0.1) is 0 Å². The number of aromatic nitrogens is 2. The summed E-state index contributed by atoms with van der Waals surface area (Å²) in [5.41, 5.74) is 1.45. The topological polar surface area (TPSA) is 98.3 Å². The smallest absolute Gasteiger partial charge is 0.295 e. The third-order valence-electron chi connectivity index (χ3n) is 5.49. The van der Waals surface area contributed by atoms with Crippen LogP contribution in [-0.2, 0) is 11.8 Å². The van der Waals surface area contributed by atoms with Gasteiger partial charge in [-0.1, -0.05) is 37.6 Å². The van der Waals surface area contributed by atoms with Gasteiger partial charge in [0.2, 0.25) is 0 Å². The largest absolute Gasteiger partial charge is 0.490 e. The Kier molecular flexibility index (Phi) is 8.52. The molecule has 0 aliphatic heterocycles. The van der Waals surface area contributed by atoms with Crippen molar-refractivity contribution in [3.05, 3.63) is 75.7 Å². The Hall–Kier alpha value is -4.25. The van der Waals surface area contributed by atoms with Crippen molar-refractivity contribution in [3.8, 4) is 23.3 Å². The van der Waals surface area contributed by atoms with Crippen LogP contribution in [0.5, 0.6) is 11.5 Å². The Morgan fingerprint density at radius 3 is 2.51 bits per heavy atom. The van der Waals surface area contributed by atoms with E-state index in [0.717, 1.165) is 12.8 Å². The average Bonchev–Trinajstić information content (AvgIpc) is 3.07. The van der Waals surface area contributed by atoms with Crippen LogP contribution in [0, 0.1) is 18.3 Å². The summed E-state index contributed by atoms with van der Waals surface area (Å²) in [6, 6.07) is 16.3. The number of nitriles is 1. The van der Waals surface area contributed by atoms with Crippen molar-refractivity contribution >= 4 is 17.7 Å². The third-order valence-corrected chi connectivity index (χ3v) is 5.49. The number of ether oxygens (including phenoxy) is 2. The number of carbonyl (C=O) groups is 1. The van der Waals surface area contributed by atoms with Gasteiger partial charge in [-0.25, -0.2) is 4.68 Å². The van der Waals surface area contributed by atoms with Crippen molar-refractivity contribution in [3.63, 3.8) is 0 Å². The Bertz CT molecular complexity index is 1310. The summed E-state index contributed by atoms with van der Waals surface area (Å²) in [6.45, 7) is 6.72. The molecule has 0 fully saturated rings. The minimum atomic E-state index is -0.667. The molecule has 0 bridgehead atoms. The summed E-state index contributed by atoms with van der Waals surface area (Å²) in [5.74, 6) is 0.487. The highest BCUT2D eigenvalue weighted by molar-refractivity contribution is 6.09. The number of nitrogens with one attached hydrogen (secondary N) is 1. The van der Waals surface area contributed by atoms with Crippen molar-refractivity contribution < 1.29 is 14.3 Å². The van der Waals surface area contributed by atoms with E-state index in [-0.39, 0.29) is 16.8 Å². The summed E-state index contributed by atoms with van der Waals surface area (Å²) in [4.78, 5) is 26.0. The summed E-state index contributed by atoms with van der Waals surface area (Å²) in [7, 11) is 1.74. The van der Waals surface area contributed by atoms with E-state index in [9.17, 15) is 14.9 Å². The third kappa shape index (κ3) is 5.82. The lowest BCUT2D eigenvalue weighted by Crippen LogP contribution is -2.23. The van der Waals surface area contributed by atoms with Gasteiger partial charge in [0.1, 0.15) is 17.3 Å². The first-order valence-corrected chi connectivity index (χ1v) is 11.6. The van der Waals surface area contributed by atoms with Gasteiger partial charge in [0, 0.05) is 7.05 Å². The molecule has 0 saturated heterocycles. The highest BCUT2D eigenvalue weighted by Gasteiger charge is 2.20. The second-order valence-electron chi connectivity index (χ2n) is 7.90. The number of hydrogen-bond donors (Lipinski definition) is 1. The monoisotopic (exact) mass is 474 g/mol. The van der Waals surface area contributed by atoms with Crippen molar-refractivity contribution in [2.75, 3.05) is 18.5 Å². The fourth-order valence-electron chi connectivity index (χ4n) is 3.54. The molecule has 8 heteroatoms. The molecule has 0 unspecified atom stereocenters. The van der Waals surface area contributed by atoms with Gasteiger partial charge in [-0.3, -0.25) is 14.3 Å². The Morgan fingerprint density at radius 1 is 1.11 bits per heavy atom.